The highest BCUT2D eigenvalue weighted by Gasteiger charge is 2.20. The highest BCUT2D eigenvalue weighted by atomic mass is 16.5. The molecule has 74 valence electrons. The Bertz CT molecular complexity index is 100. The van der Waals surface area contributed by atoms with Gasteiger partial charge in [0.2, 0.25) is 0 Å². The molecule has 0 spiro atoms. The third-order valence-electron chi connectivity index (χ3n) is 2.08. The first-order valence-electron chi connectivity index (χ1n) is 5.07. The van der Waals surface area contributed by atoms with Crippen LogP contribution in [-0.4, -0.2) is 16.0 Å². The Hall–Kier alpha value is -0.0800. The van der Waals surface area contributed by atoms with Gasteiger partial charge in [0, 0.05) is 12.8 Å². The summed E-state index contributed by atoms with van der Waals surface area (Å²) in [6, 6.07) is 0. The lowest BCUT2D eigenvalue weighted by atomic mass is 10.0. The molecule has 2 N–H and O–H groups in total. The van der Waals surface area contributed by atoms with Crippen LogP contribution in [0, 0.1) is 0 Å². The molecule has 0 aromatic carbocycles. The van der Waals surface area contributed by atoms with Crippen LogP contribution in [0.2, 0.25) is 0 Å². The number of unbranched alkanes of at least 4 members (excludes halogenated alkanes) is 3. The van der Waals surface area contributed by atoms with Gasteiger partial charge in [0.05, 0.1) is 0 Å². The molecule has 0 heterocycles. The van der Waals surface area contributed by atoms with Gasteiger partial charge in [-0.1, -0.05) is 39.5 Å². The summed E-state index contributed by atoms with van der Waals surface area (Å²) >= 11 is 0. The lowest BCUT2D eigenvalue weighted by Gasteiger charge is -2.20. The van der Waals surface area contributed by atoms with Crippen molar-refractivity contribution >= 4 is 0 Å². The molecule has 0 aromatic heterocycles. The molecule has 0 rings (SSSR count). The zero-order valence-electron chi connectivity index (χ0n) is 8.34. The monoisotopic (exact) mass is 174 g/mol. The van der Waals surface area contributed by atoms with Crippen LogP contribution in [0.4, 0.5) is 0 Å². The third kappa shape index (κ3) is 6.62. The Kier molecular flexibility index (Phi) is 6.39. The molecule has 0 saturated heterocycles. The highest BCUT2D eigenvalue weighted by molar-refractivity contribution is 4.63. The molecule has 0 aromatic rings. The minimum atomic E-state index is -1.40. The van der Waals surface area contributed by atoms with Crippen molar-refractivity contribution in [2.45, 2.75) is 64.6 Å². The summed E-state index contributed by atoms with van der Waals surface area (Å²) in [6.45, 7) is 4.12. The predicted molar refractivity (Wildman–Crippen MR) is 50.8 cm³/mol. The van der Waals surface area contributed by atoms with Crippen molar-refractivity contribution in [1.82, 2.24) is 0 Å². The van der Waals surface area contributed by atoms with E-state index < -0.39 is 5.79 Å². The number of hydrogen-bond acceptors (Lipinski definition) is 2. The summed E-state index contributed by atoms with van der Waals surface area (Å²) in [4.78, 5) is 0. The Morgan fingerprint density at radius 3 is 2.00 bits per heavy atom. The zero-order valence-corrected chi connectivity index (χ0v) is 8.34. The van der Waals surface area contributed by atoms with E-state index in [-0.39, 0.29) is 0 Å². The van der Waals surface area contributed by atoms with Crippen molar-refractivity contribution in [2.24, 2.45) is 0 Å². The van der Waals surface area contributed by atoms with Gasteiger partial charge in [-0.2, -0.15) is 0 Å². The number of aliphatic hydroxyl groups is 2. The average Bonchev–Trinajstić information content (AvgIpc) is 1.98. The van der Waals surface area contributed by atoms with E-state index in [4.69, 9.17) is 0 Å². The van der Waals surface area contributed by atoms with Crippen molar-refractivity contribution < 1.29 is 10.2 Å². The van der Waals surface area contributed by atoms with E-state index in [0.29, 0.717) is 12.8 Å². The summed E-state index contributed by atoms with van der Waals surface area (Å²) in [5.74, 6) is -1.40. The highest BCUT2D eigenvalue weighted by Crippen LogP contribution is 2.17. The van der Waals surface area contributed by atoms with Crippen LogP contribution in [0.3, 0.4) is 0 Å². The molecule has 12 heavy (non-hydrogen) atoms. The second-order valence-electron chi connectivity index (χ2n) is 3.54. The minimum absolute atomic E-state index is 0.499. The molecular weight excluding hydrogens is 152 g/mol. The Labute approximate surface area is 75.6 Å². The standard InChI is InChI=1S/C10H22O2/c1-3-5-6-7-9-10(11,12)8-4-2/h11-12H,3-9H2,1-2H3. The van der Waals surface area contributed by atoms with Gasteiger partial charge in [0.15, 0.2) is 5.79 Å². The topological polar surface area (TPSA) is 40.5 Å². The second kappa shape index (κ2) is 6.44. The Balaban J connectivity index is 3.33. The van der Waals surface area contributed by atoms with Gasteiger partial charge in [-0.3, -0.25) is 0 Å². The smallest absolute Gasteiger partial charge is 0.162 e. The first-order valence-corrected chi connectivity index (χ1v) is 5.07. The molecule has 0 bridgehead atoms. The van der Waals surface area contributed by atoms with Crippen LogP contribution in [-0.2, 0) is 0 Å². The molecule has 0 radical (unpaired) electrons. The maximum absolute atomic E-state index is 9.37. The van der Waals surface area contributed by atoms with E-state index in [9.17, 15) is 10.2 Å². The molecule has 0 unspecified atom stereocenters. The quantitative estimate of drug-likeness (QED) is 0.459. The fourth-order valence-corrected chi connectivity index (χ4v) is 1.36. The largest absolute Gasteiger partial charge is 0.366 e. The number of hydrogen-bond donors (Lipinski definition) is 2. The molecular formula is C10H22O2. The lowest BCUT2D eigenvalue weighted by molar-refractivity contribution is -0.171. The lowest BCUT2D eigenvalue weighted by Crippen LogP contribution is -2.27. The van der Waals surface area contributed by atoms with Gasteiger partial charge < -0.3 is 10.2 Å². The summed E-state index contributed by atoms with van der Waals surface area (Å²) < 4.78 is 0. The van der Waals surface area contributed by atoms with Crippen LogP contribution >= 0.6 is 0 Å². The second-order valence-corrected chi connectivity index (χ2v) is 3.54. The van der Waals surface area contributed by atoms with Crippen LogP contribution < -0.4 is 0 Å². The van der Waals surface area contributed by atoms with Gasteiger partial charge in [-0.15, -0.1) is 0 Å². The van der Waals surface area contributed by atoms with E-state index in [1.54, 1.807) is 0 Å². The van der Waals surface area contributed by atoms with Crippen LogP contribution in [0.1, 0.15) is 58.8 Å². The fourth-order valence-electron chi connectivity index (χ4n) is 1.36. The van der Waals surface area contributed by atoms with Crippen LogP contribution in [0.5, 0.6) is 0 Å². The van der Waals surface area contributed by atoms with Crippen molar-refractivity contribution in [1.29, 1.82) is 0 Å². The maximum Gasteiger partial charge on any atom is 0.162 e. The van der Waals surface area contributed by atoms with Crippen molar-refractivity contribution in [3.8, 4) is 0 Å². The molecule has 0 aliphatic rings. The van der Waals surface area contributed by atoms with Crippen molar-refractivity contribution in [3.05, 3.63) is 0 Å². The fraction of sp³-hybridized carbons (Fsp3) is 1.00. The zero-order chi connectivity index (χ0) is 9.45. The normalized spacial score (nSPS) is 12.0. The molecule has 0 fully saturated rings. The first-order chi connectivity index (χ1) is 5.62. The van der Waals surface area contributed by atoms with Gasteiger partial charge >= 0.3 is 0 Å². The first kappa shape index (κ1) is 11.9. The molecule has 2 nitrogen and oxygen atoms in total. The third-order valence-corrected chi connectivity index (χ3v) is 2.08. The predicted octanol–water partition coefficient (Wildman–Crippen LogP) is 2.44. The van der Waals surface area contributed by atoms with E-state index in [1.807, 2.05) is 6.92 Å². The van der Waals surface area contributed by atoms with E-state index in [0.717, 1.165) is 19.3 Å². The molecule has 0 aliphatic carbocycles. The average molecular weight is 174 g/mol. The SMILES string of the molecule is CCCCCCC(O)(O)CCC. The van der Waals surface area contributed by atoms with E-state index in [2.05, 4.69) is 6.92 Å². The van der Waals surface area contributed by atoms with Crippen LogP contribution in [0.15, 0.2) is 0 Å². The van der Waals surface area contributed by atoms with Gasteiger partial charge in [-0.25, -0.2) is 0 Å². The van der Waals surface area contributed by atoms with Crippen molar-refractivity contribution in [2.75, 3.05) is 0 Å². The summed E-state index contributed by atoms with van der Waals surface area (Å²) in [6.07, 6.45) is 6.30. The Morgan fingerprint density at radius 2 is 1.50 bits per heavy atom. The van der Waals surface area contributed by atoms with Gasteiger partial charge in [0.1, 0.15) is 0 Å². The maximum atomic E-state index is 9.37. The molecule has 0 atom stereocenters. The van der Waals surface area contributed by atoms with E-state index in [1.165, 1.54) is 12.8 Å². The van der Waals surface area contributed by atoms with Gasteiger partial charge in [-0.05, 0) is 6.42 Å². The van der Waals surface area contributed by atoms with Crippen molar-refractivity contribution in [3.63, 3.8) is 0 Å². The molecule has 0 amide bonds. The Morgan fingerprint density at radius 1 is 0.833 bits per heavy atom. The summed E-state index contributed by atoms with van der Waals surface area (Å²) in [7, 11) is 0. The molecule has 2 heteroatoms. The minimum Gasteiger partial charge on any atom is -0.366 e. The number of rotatable bonds is 7. The van der Waals surface area contributed by atoms with Gasteiger partial charge in [0.25, 0.3) is 0 Å². The van der Waals surface area contributed by atoms with E-state index >= 15 is 0 Å². The summed E-state index contributed by atoms with van der Waals surface area (Å²) in [5.41, 5.74) is 0. The van der Waals surface area contributed by atoms with Crippen LogP contribution in [0.25, 0.3) is 0 Å². The summed E-state index contributed by atoms with van der Waals surface area (Å²) in [5, 5.41) is 18.7. The molecule has 0 aliphatic heterocycles. The molecule has 0 saturated carbocycles.